The molecule has 2 aromatic carbocycles. The predicted molar refractivity (Wildman–Crippen MR) is 106 cm³/mol. The van der Waals surface area contributed by atoms with Crippen molar-refractivity contribution in [2.45, 2.75) is 13.1 Å². The van der Waals surface area contributed by atoms with Gasteiger partial charge in [-0.3, -0.25) is 10.1 Å². The standard InChI is InChI=1S/C17H15Cl2F3N2O4P/c1-2-29(27)23(8-7-18)14-5-4-12(10-15(14)24(25)26)28-16-6-3-11(9-13(16)19)17(20,21)22/h3-6,9-10H,2,7-8H2,1H3/q+1. The van der Waals surface area contributed by atoms with Gasteiger partial charge >= 0.3 is 14.1 Å². The van der Waals surface area contributed by atoms with Gasteiger partial charge in [0.05, 0.1) is 28.1 Å². The number of hydrogen-bond acceptors (Lipinski definition) is 4. The summed E-state index contributed by atoms with van der Waals surface area (Å²) in [5, 5.41) is 11.2. The first-order valence-corrected chi connectivity index (χ1v) is 10.5. The molecule has 0 spiro atoms. The average molecular weight is 470 g/mol. The first kappa shape index (κ1) is 23.2. The predicted octanol–water partition coefficient (Wildman–Crippen LogP) is 6.87. The molecule has 0 aliphatic rings. The molecule has 156 valence electrons. The second-order valence-electron chi connectivity index (χ2n) is 5.63. The molecular weight excluding hydrogens is 455 g/mol. The number of nitro groups is 1. The topological polar surface area (TPSA) is 72.7 Å². The third kappa shape index (κ3) is 5.72. The molecule has 0 bridgehead atoms. The van der Waals surface area contributed by atoms with Gasteiger partial charge < -0.3 is 4.74 Å². The molecule has 0 fully saturated rings. The summed E-state index contributed by atoms with van der Waals surface area (Å²) in [4.78, 5) is 10.8. The lowest BCUT2D eigenvalue weighted by molar-refractivity contribution is -0.384. The summed E-state index contributed by atoms with van der Waals surface area (Å²) in [7, 11) is -1.92. The number of alkyl halides is 4. The Morgan fingerprint density at radius 2 is 1.93 bits per heavy atom. The van der Waals surface area contributed by atoms with Crippen LogP contribution in [0, 0.1) is 10.1 Å². The van der Waals surface area contributed by atoms with Gasteiger partial charge in [-0.15, -0.1) is 11.6 Å². The zero-order valence-corrected chi connectivity index (χ0v) is 17.4. The van der Waals surface area contributed by atoms with Gasteiger partial charge in [0, 0.05) is 5.88 Å². The molecular formula is C17H15Cl2F3N2O4P+. The van der Waals surface area contributed by atoms with Crippen LogP contribution in [0.5, 0.6) is 11.5 Å². The van der Waals surface area contributed by atoms with Gasteiger partial charge in [0.15, 0.2) is 11.8 Å². The number of halogens is 5. The minimum atomic E-state index is -4.57. The average Bonchev–Trinajstić information content (AvgIpc) is 2.66. The molecule has 1 atom stereocenters. The molecule has 2 rings (SSSR count). The molecule has 1 unspecified atom stereocenters. The number of anilines is 1. The van der Waals surface area contributed by atoms with Crippen LogP contribution >= 0.6 is 31.2 Å². The van der Waals surface area contributed by atoms with E-state index in [-0.39, 0.29) is 46.5 Å². The first-order chi connectivity index (χ1) is 13.6. The molecule has 29 heavy (non-hydrogen) atoms. The highest BCUT2D eigenvalue weighted by atomic mass is 35.5. The summed E-state index contributed by atoms with van der Waals surface area (Å²) in [6, 6.07) is 6.32. The summed E-state index contributed by atoms with van der Waals surface area (Å²) in [5.41, 5.74) is -1.23. The van der Waals surface area contributed by atoms with E-state index >= 15 is 0 Å². The first-order valence-electron chi connectivity index (χ1n) is 8.19. The highest BCUT2D eigenvalue weighted by Crippen LogP contribution is 2.42. The zero-order chi connectivity index (χ0) is 21.8. The zero-order valence-electron chi connectivity index (χ0n) is 14.9. The van der Waals surface area contributed by atoms with Crippen LogP contribution in [0.4, 0.5) is 24.5 Å². The summed E-state index contributed by atoms with van der Waals surface area (Å²) in [6.45, 7) is 1.81. The van der Waals surface area contributed by atoms with Crippen LogP contribution < -0.4 is 9.41 Å². The van der Waals surface area contributed by atoms with Crippen LogP contribution in [0.25, 0.3) is 0 Å². The number of nitrogens with zero attached hydrogens (tertiary/aromatic N) is 2. The molecule has 0 amide bonds. The third-order valence-electron chi connectivity index (χ3n) is 3.74. The Bertz CT molecular complexity index is 928. The molecule has 0 aliphatic carbocycles. The monoisotopic (exact) mass is 469 g/mol. The number of rotatable bonds is 8. The van der Waals surface area contributed by atoms with Crippen LogP contribution in [0.1, 0.15) is 12.5 Å². The Morgan fingerprint density at radius 3 is 2.45 bits per heavy atom. The van der Waals surface area contributed by atoms with Gasteiger partial charge in [-0.2, -0.15) is 17.8 Å². The fraction of sp³-hybridized carbons (Fsp3) is 0.294. The summed E-state index contributed by atoms with van der Waals surface area (Å²) < 4.78 is 57.2. The summed E-state index contributed by atoms with van der Waals surface area (Å²) in [6.07, 6.45) is -4.30. The molecule has 12 heteroatoms. The lowest BCUT2D eigenvalue weighted by Crippen LogP contribution is -2.18. The van der Waals surface area contributed by atoms with Crippen molar-refractivity contribution in [1.29, 1.82) is 0 Å². The van der Waals surface area contributed by atoms with Crippen molar-refractivity contribution in [3.63, 3.8) is 0 Å². The Balaban J connectivity index is 2.40. The highest BCUT2D eigenvalue weighted by Gasteiger charge is 2.33. The van der Waals surface area contributed by atoms with Gasteiger partial charge in [-0.25, -0.2) is 0 Å². The smallest absolute Gasteiger partial charge is 0.456 e. The van der Waals surface area contributed by atoms with Crippen LogP contribution in [-0.4, -0.2) is 23.5 Å². The quantitative estimate of drug-likeness (QED) is 0.182. The van der Waals surface area contributed by atoms with Gasteiger partial charge in [-0.1, -0.05) is 11.6 Å². The van der Waals surface area contributed by atoms with Crippen molar-refractivity contribution < 1.29 is 27.4 Å². The van der Waals surface area contributed by atoms with Crippen LogP contribution in [0.3, 0.4) is 0 Å². The minimum Gasteiger partial charge on any atom is -0.456 e. The van der Waals surface area contributed by atoms with Gasteiger partial charge in [0.2, 0.25) is 0 Å². The van der Waals surface area contributed by atoms with E-state index in [0.717, 1.165) is 18.2 Å². The van der Waals surface area contributed by atoms with Crippen molar-refractivity contribution in [2.24, 2.45) is 0 Å². The molecule has 0 aliphatic heterocycles. The Hall–Kier alpha value is -2.09. The number of nitro benzene ring substituents is 1. The largest absolute Gasteiger partial charge is 0.462 e. The Kier molecular flexibility index (Phi) is 7.68. The van der Waals surface area contributed by atoms with E-state index in [0.29, 0.717) is 6.07 Å². The second kappa shape index (κ2) is 9.61. The van der Waals surface area contributed by atoms with E-state index in [4.69, 9.17) is 27.9 Å². The van der Waals surface area contributed by atoms with E-state index in [1.165, 1.54) is 16.8 Å². The van der Waals surface area contributed by atoms with E-state index in [1.54, 1.807) is 6.92 Å². The molecule has 0 heterocycles. The summed E-state index contributed by atoms with van der Waals surface area (Å²) in [5.74, 6) is -0.00362. The molecule has 6 nitrogen and oxygen atoms in total. The fourth-order valence-corrected chi connectivity index (χ4v) is 4.00. The Morgan fingerprint density at radius 1 is 1.24 bits per heavy atom. The van der Waals surface area contributed by atoms with E-state index in [1.807, 2.05) is 0 Å². The van der Waals surface area contributed by atoms with Crippen molar-refractivity contribution >= 4 is 42.5 Å². The molecule has 0 saturated carbocycles. The summed E-state index contributed by atoms with van der Waals surface area (Å²) >= 11 is 11.6. The molecule has 0 aromatic heterocycles. The number of hydrogen-bond donors (Lipinski definition) is 0. The maximum atomic E-state index is 12.7. The SMILES string of the molecule is CC[P+](=O)N(CCCl)c1ccc(Oc2ccc(C(F)(F)F)cc2Cl)cc1[N+](=O)[O-]. The molecule has 0 N–H and O–H groups in total. The van der Waals surface area contributed by atoms with E-state index in [9.17, 15) is 27.9 Å². The van der Waals surface area contributed by atoms with Crippen molar-refractivity contribution in [3.05, 3.63) is 57.1 Å². The minimum absolute atomic E-state index is 0.0142. The van der Waals surface area contributed by atoms with Crippen molar-refractivity contribution in [2.75, 3.05) is 23.3 Å². The van der Waals surface area contributed by atoms with Crippen LogP contribution in [0.2, 0.25) is 5.02 Å². The van der Waals surface area contributed by atoms with Gasteiger partial charge in [0.1, 0.15) is 11.5 Å². The number of ether oxygens (including phenoxy) is 1. The molecule has 0 saturated heterocycles. The molecule has 2 aromatic rings. The van der Waals surface area contributed by atoms with Crippen molar-refractivity contribution in [3.8, 4) is 11.5 Å². The highest BCUT2D eigenvalue weighted by molar-refractivity contribution is 7.46. The van der Waals surface area contributed by atoms with E-state index in [2.05, 4.69) is 0 Å². The van der Waals surface area contributed by atoms with Crippen molar-refractivity contribution in [1.82, 2.24) is 0 Å². The van der Waals surface area contributed by atoms with E-state index < -0.39 is 24.6 Å². The fourth-order valence-electron chi connectivity index (χ4n) is 2.42. The van der Waals surface area contributed by atoms with Crippen LogP contribution in [-0.2, 0) is 10.7 Å². The lowest BCUT2D eigenvalue weighted by Gasteiger charge is -2.14. The normalized spacial score (nSPS) is 11.9. The maximum absolute atomic E-state index is 12.7. The molecule has 0 radical (unpaired) electrons. The van der Waals surface area contributed by atoms with Crippen LogP contribution in [0.15, 0.2) is 36.4 Å². The maximum Gasteiger partial charge on any atom is 0.462 e. The second-order valence-corrected chi connectivity index (χ2v) is 8.24. The third-order valence-corrected chi connectivity index (χ3v) is 5.70. The lowest BCUT2D eigenvalue weighted by atomic mass is 10.2. The van der Waals surface area contributed by atoms with Gasteiger partial charge in [-0.05, 0) is 41.8 Å². The Labute approximate surface area is 175 Å². The van der Waals surface area contributed by atoms with Gasteiger partial charge in [0.25, 0.3) is 5.69 Å². The number of benzene rings is 2.